The molecule has 16 heavy (non-hydrogen) atoms. The van der Waals surface area contributed by atoms with Gasteiger partial charge in [-0.25, -0.2) is 0 Å². The molecule has 0 aromatic heterocycles. The summed E-state index contributed by atoms with van der Waals surface area (Å²) in [6.07, 6.45) is 0.0912. The summed E-state index contributed by atoms with van der Waals surface area (Å²) in [6.45, 7) is 2.08. The van der Waals surface area contributed by atoms with E-state index in [9.17, 15) is 4.79 Å². The number of hydrogen-bond acceptors (Lipinski definition) is 4. The number of esters is 1. The lowest BCUT2D eigenvalue weighted by atomic mass is 10.1. The van der Waals surface area contributed by atoms with Crippen molar-refractivity contribution in [3.8, 4) is 11.8 Å². The molecule has 84 valence electrons. The van der Waals surface area contributed by atoms with E-state index >= 15 is 0 Å². The number of nitrogens with zero attached hydrogens (tertiary/aromatic N) is 1. The Bertz CT molecular complexity index is 421. The Morgan fingerprint density at radius 1 is 1.50 bits per heavy atom. The van der Waals surface area contributed by atoms with Crippen LogP contribution in [0.3, 0.4) is 0 Å². The fourth-order valence-corrected chi connectivity index (χ4v) is 1.32. The van der Waals surface area contributed by atoms with Crippen LogP contribution in [0.15, 0.2) is 18.2 Å². The summed E-state index contributed by atoms with van der Waals surface area (Å²) in [5.41, 5.74) is 1.09. The van der Waals surface area contributed by atoms with Crippen LogP contribution in [-0.2, 0) is 16.0 Å². The van der Waals surface area contributed by atoms with Gasteiger partial charge in [0.25, 0.3) is 0 Å². The number of hydrogen-bond donors (Lipinski definition) is 0. The lowest BCUT2D eigenvalue weighted by Crippen LogP contribution is -2.08. The van der Waals surface area contributed by atoms with Crippen LogP contribution in [0.1, 0.15) is 18.1 Å². The molecule has 0 fully saturated rings. The van der Waals surface area contributed by atoms with Crippen LogP contribution in [0.5, 0.6) is 5.75 Å². The van der Waals surface area contributed by atoms with Gasteiger partial charge in [-0.3, -0.25) is 4.79 Å². The largest absolute Gasteiger partial charge is 0.497 e. The smallest absolute Gasteiger partial charge is 0.310 e. The van der Waals surface area contributed by atoms with Gasteiger partial charge in [-0.1, -0.05) is 0 Å². The first-order valence-electron chi connectivity index (χ1n) is 4.94. The molecule has 0 heterocycles. The lowest BCUT2D eigenvalue weighted by Gasteiger charge is -2.06. The maximum absolute atomic E-state index is 11.3. The first-order chi connectivity index (χ1) is 7.71. The van der Waals surface area contributed by atoms with E-state index in [2.05, 4.69) is 0 Å². The van der Waals surface area contributed by atoms with Gasteiger partial charge in [0.2, 0.25) is 0 Å². The van der Waals surface area contributed by atoms with Crippen molar-refractivity contribution in [3.05, 3.63) is 29.3 Å². The molecule has 0 saturated carbocycles. The predicted molar refractivity (Wildman–Crippen MR) is 58.0 cm³/mol. The molecule has 4 heteroatoms. The summed E-state index contributed by atoms with van der Waals surface area (Å²) in [7, 11) is 1.54. The fourth-order valence-electron chi connectivity index (χ4n) is 1.32. The van der Waals surface area contributed by atoms with Gasteiger partial charge in [-0.2, -0.15) is 5.26 Å². The number of ether oxygens (including phenoxy) is 2. The zero-order valence-corrected chi connectivity index (χ0v) is 9.32. The minimum absolute atomic E-state index is 0.0912. The number of nitriles is 1. The van der Waals surface area contributed by atoms with Gasteiger partial charge in [0.15, 0.2) is 0 Å². The Labute approximate surface area is 94.4 Å². The van der Waals surface area contributed by atoms with Gasteiger partial charge >= 0.3 is 5.97 Å². The SMILES string of the molecule is CCOC(=O)Cc1cc(OC)ccc1C#N. The zero-order chi connectivity index (χ0) is 12.0. The predicted octanol–water partition coefficient (Wildman–Crippen LogP) is 1.67. The van der Waals surface area contributed by atoms with Crippen molar-refractivity contribution >= 4 is 5.97 Å². The highest BCUT2D eigenvalue weighted by atomic mass is 16.5. The van der Waals surface area contributed by atoms with Crippen LogP contribution < -0.4 is 4.74 Å². The minimum atomic E-state index is -0.341. The molecule has 0 amide bonds. The van der Waals surface area contributed by atoms with Gasteiger partial charge < -0.3 is 9.47 Å². The number of methoxy groups -OCH3 is 1. The highest BCUT2D eigenvalue weighted by Gasteiger charge is 2.09. The van der Waals surface area contributed by atoms with E-state index in [0.29, 0.717) is 23.5 Å². The first-order valence-corrected chi connectivity index (χ1v) is 4.94. The van der Waals surface area contributed by atoms with E-state index in [1.165, 1.54) is 7.11 Å². The van der Waals surface area contributed by atoms with Gasteiger partial charge in [0.05, 0.1) is 31.8 Å². The topological polar surface area (TPSA) is 59.3 Å². The summed E-state index contributed by atoms with van der Waals surface area (Å²) in [6, 6.07) is 7.03. The second-order valence-corrected chi connectivity index (χ2v) is 3.12. The van der Waals surface area contributed by atoms with Gasteiger partial charge in [-0.15, -0.1) is 0 Å². The molecule has 4 nitrogen and oxygen atoms in total. The average molecular weight is 219 g/mol. The number of carbonyl (C=O) groups is 1. The third kappa shape index (κ3) is 2.99. The van der Waals surface area contributed by atoms with Gasteiger partial charge in [-0.05, 0) is 30.7 Å². The molecule has 0 spiro atoms. The maximum Gasteiger partial charge on any atom is 0.310 e. The van der Waals surface area contributed by atoms with E-state index < -0.39 is 0 Å². The minimum Gasteiger partial charge on any atom is -0.497 e. The quantitative estimate of drug-likeness (QED) is 0.723. The average Bonchev–Trinajstić information content (AvgIpc) is 2.29. The molecule has 0 saturated heterocycles. The van der Waals surface area contributed by atoms with E-state index in [-0.39, 0.29) is 12.4 Å². The molecule has 0 unspecified atom stereocenters. The van der Waals surface area contributed by atoms with Crippen LogP contribution >= 0.6 is 0 Å². The summed E-state index contributed by atoms with van der Waals surface area (Å²) >= 11 is 0. The normalized spacial score (nSPS) is 9.31. The molecular formula is C12H13NO3. The standard InChI is InChI=1S/C12H13NO3/c1-3-16-12(14)7-10-6-11(15-2)5-4-9(10)8-13/h4-6H,3,7H2,1-2H3. The van der Waals surface area contributed by atoms with Crippen molar-refractivity contribution in [3.63, 3.8) is 0 Å². The highest BCUT2D eigenvalue weighted by Crippen LogP contribution is 2.17. The Balaban J connectivity index is 2.92. The summed E-state index contributed by atoms with van der Waals surface area (Å²) in [4.78, 5) is 11.3. The Morgan fingerprint density at radius 3 is 2.81 bits per heavy atom. The molecule has 0 aliphatic heterocycles. The second-order valence-electron chi connectivity index (χ2n) is 3.12. The van der Waals surface area contributed by atoms with Crippen LogP contribution in [0.25, 0.3) is 0 Å². The molecule has 0 aliphatic carbocycles. The third-order valence-corrected chi connectivity index (χ3v) is 2.07. The van der Waals surface area contributed by atoms with Crippen molar-refractivity contribution in [2.75, 3.05) is 13.7 Å². The lowest BCUT2D eigenvalue weighted by molar-refractivity contribution is -0.142. The molecular weight excluding hydrogens is 206 g/mol. The molecule has 0 aliphatic rings. The number of rotatable bonds is 4. The van der Waals surface area contributed by atoms with Crippen molar-refractivity contribution in [2.24, 2.45) is 0 Å². The number of carbonyl (C=O) groups excluding carboxylic acids is 1. The Morgan fingerprint density at radius 2 is 2.25 bits per heavy atom. The van der Waals surface area contributed by atoms with E-state index in [4.69, 9.17) is 14.7 Å². The monoisotopic (exact) mass is 219 g/mol. The summed E-state index contributed by atoms with van der Waals surface area (Å²) in [5, 5.41) is 8.88. The Kier molecular flexibility index (Phi) is 4.34. The number of benzene rings is 1. The molecule has 0 radical (unpaired) electrons. The zero-order valence-electron chi connectivity index (χ0n) is 9.32. The van der Waals surface area contributed by atoms with Crippen molar-refractivity contribution in [1.29, 1.82) is 5.26 Å². The summed E-state index contributed by atoms with van der Waals surface area (Å²) in [5.74, 6) is 0.283. The third-order valence-electron chi connectivity index (χ3n) is 2.07. The first kappa shape index (κ1) is 12.1. The second kappa shape index (κ2) is 5.76. The summed E-state index contributed by atoms with van der Waals surface area (Å²) < 4.78 is 9.86. The van der Waals surface area contributed by atoms with Gasteiger partial charge in [0, 0.05) is 0 Å². The van der Waals surface area contributed by atoms with Crippen molar-refractivity contribution in [2.45, 2.75) is 13.3 Å². The molecule has 1 aromatic rings. The molecule has 1 aromatic carbocycles. The van der Waals surface area contributed by atoms with Crippen LogP contribution in [-0.4, -0.2) is 19.7 Å². The van der Waals surface area contributed by atoms with E-state index in [1.807, 2.05) is 6.07 Å². The highest BCUT2D eigenvalue weighted by molar-refractivity contribution is 5.73. The van der Waals surface area contributed by atoms with Crippen molar-refractivity contribution < 1.29 is 14.3 Å². The van der Waals surface area contributed by atoms with Crippen LogP contribution in [0.2, 0.25) is 0 Å². The molecule has 0 atom stereocenters. The Hall–Kier alpha value is -2.02. The van der Waals surface area contributed by atoms with Crippen LogP contribution in [0.4, 0.5) is 0 Å². The van der Waals surface area contributed by atoms with Crippen LogP contribution in [0, 0.1) is 11.3 Å². The van der Waals surface area contributed by atoms with E-state index in [1.54, 1.807) is 25.1 Å². The molecule has 0 N–H and O–H groups in total. The fraction of sp³-hybridized carbons (Fsp3) is 0.333. The maximum atomic E-state index is 11.3. The molecule has 0 bridgehead atoms. The molecule has 1 rings (SSSR count). The van der Waals surface area contributed by atoms with E-state index in [0.717, 1.165) is 0 Å². The van der Waals surface area contributed by atoms with Crippen molar-refractivity contribution in [1.82, 2.24) is 0 Å². The van der Waals surface area contributed by atoms with Gasteiger partial charge in [0.1, 0.15) is 5.75 Å².